The lowest BCUT2D eigenvalue weighted by Gasteiger charge is -2.08. The normalized spacial score (nSPS) is 10.5. The zero-order valence-electron chi connectivity index (χ0n) is 11.7. The Balaban J connectivity index is 2.19. The number of anilines is 1. The van der Waals surface area contributed by atoms with Gasteiger partial charge in [0.2, 0.25) is 0 Å². The predicted molar refractivity (Wildman–Crippen MR) is 75.1 cm³/mol. The smallest absolute Gasteiger partial charge is 0.253 e. The molecule has 0 aliphatic rings. The first-order valence-electron chi connectivity index (χ1n) is 6.55. The number of unbranched alkanes of at least 4 members (excludes halogenated alkanes) is 1. The Morgan fingerprint density at radius 2 is 2.10 bits per heavy atom. The third kappa shape index (κ3) is 5.54. The average Bonchev–Trinajstić information content (AvgIpc) is 2.44. The maximum Gasteiger partial charge on any atom is 0.253 e. The molecule has 0 atom stereocenters. The van der Waals surface area contributed by atoms with Crippen LogP contribution < -0.4 is 11.1 Å². The number of rotatable bonds is 9. The molecule has 0 bridgehead atoms. The Morgan fingerprint density at radius 3 is 2.85 bits per heavy atom. The van der Waals surface area contributed by atoms with Crippen LogP contribution in [-0.4, -0.2) is 39.4 Å². The van der Waals surface area contributed by atoms with E-state index >= 15 is 0 Å². The summed E-state index contributed by atoms with van der Waals surface area (Å²) in [6, 6.07) is 4.19. The number of ether oxygens (including phenoxy) is 2. The number of para-hydroxylation sites is 1. The third-order valence-electron chi connectivity index (χ3n) is 2.73. The van der Waals surface area contributed by atoms with Crippen molar-refractivity contribution in [3.63, 3.8) is 0 Å². The minimum absolute atomic E-state index is 0.118. The van der Waals surface area contributed by atoms with Gasteiger partial charge in [-0.05, 0) is 25.0 Å². The minimum Gasteiger partial charge on any atom is -0.396 e. The second-order valence-electron chi connectivity index (χ2n) is 4.27. The fourth-order valence-electron chi connectivity index (χ4n) is 1.61. The molecular formula is C14H21FN2O3. The van der Waals surface area contributed by atoms with Crippen LogP contribution in [0.2, 0.25) is 0 Å². The summed E-state index contributed by atoms with van der Waals surface area (Å²) < 4.78 is 23.3. The van der Waals surface area contributed by atoms with E-state index in [1.807, 2.05) is 0 Å². The summed E-state index contributed by atoms with van der Waals surface area (Å²) in [5.41, 5.74) is 5.56. The number of nitrogens with one attached hydrogen (secondary N) is 1. The minimum atomic E-state index is -0.579. The molecule has 0 saturated heterocycles. The van der Waals surface area contributed by atoms with Gasteiger partial charge in [0.1, 0.15) is 5.82 Å². The van der Waals surface area contributed by atoms with Crippen LogP contribution in [-0.2, 0) is 9.47 Å². The highest BCUT2D eigenvalue weighted by atomic mass is 19.1. The third-order valence-corrected chi connectivity index (χ3v) is 2.73. The monoisotopic (exact) mass is 284 g/mol. The highest BCUT2D eigenvalue weighted by molar-refractivity contribution is 5.99. The van der Waals surface area contributed by atoms with Crippen LogP contribution in [0.3, 0.4) is 0 Å². The molecule has 20 heavy (non-hydrogen) atoms. The molecule has 5 nitrogen and oxygen atoms in total. The summed E-state index contributed by atoms with van der Waals surface area (Å²) in [5, 5.41) is 2.70. The van der Waals surface area contributed by atoms with Gasteiger partial charge in [0.05, 0.1) is 24.5 Å². The van der Waals surface area contributed by atoms with Crippen molar-refractivity contribution < 1.29 is 18.7 Å². The quantitative estimate of drug-likeness (QED) is 0.533. The van der Waals surface area contributed by atoms with Gasteiger partial charge in [-0.3, -0.25) is 4.79 Å². The molecule has 1 rings (SSSR count). The van der Waals surface area contributed by atoms with Crippen molar-refractivity contribution in [2.75, 3.05) is 39.2 Å². The van der Waals surface area contributed by atoms with Crippen molar-refractivity contribution >= 4 is 11.6 Å². The lowest BCUT2D eigenvalue weighted by molar-refractivity contribution is 0.0686. The first kappa shape index (κ1) is 16.4. The number of halogens is 1. The Hall–Kier alpha value is -1.66. The van der Waals surface area contributed by atoms with E-state index in [4.69, 9.17) is 15.2 Å². The zero-order chi connectivity index (χ0) is 14.8. The van der Waals surface area contributed by atoms with E-state index in [1.54, 1.807) is 7.11 Å². The van der Waals surface area contributed by atoms with Crippen LogP contribution in [0.4, 0.5) is 10.1 Å². The van der Waals surface area contributed by atoms with Crippen LogP contribution in [0.5, 0.6) is 0 Å². The second-order valence-corrected chi connectivity index (χ2v) is 4.27. The summed E-state index contributed by atoms with van der Waals surface area (Å²) in [6.07, 6.45) is 1.62. The number of benzene rings is 1. The number of nitrogens with two attached hydrogens (primary N) is 1. The number of nitrogen functional groups attached to an aromatic ring is 1. The number of carbonyl (C=O) groups is 1. The first-order valence-corrected chi connectivity index (χ1v) is 6.55. The standard InChI is InChI=1S/C14H21FN2O3/c1-19-9-10-20-8-3-2-7-17-14(18)11-5-4-6-12(15)13(11)16/h4-6H,2-3,7-10,16H2,1H3,(H,17,18). The molecule has 6 heteroatoms. The molecule has 1 amide bonds. The summed E-state index contributed by atoms with van der Waals surface area (Å²) in [7, 11) is 1.62. The van der Waals surface area contributed by atoms with Crippen LogP contribution in [0.15, 0.2) is 18.2 Å². The molecule has 112 valence electrons. The molecule has 0 radical (unpaired) electrons. The maximum absolute atomic E-state index is 13.2. The first-order chi connectivity index (χ1) is 9.66. The molecule has 0 saturated carbocycles. The molecule has 1 aromatic rings. The van der Waals surface area contributed by atoms with Crippen molar-refractivity contribution in [2.45, 2.75) is 12.8 Å². The second kappa shape index (κ2) is 9.28. The number of hydrogen-bond acceptors (Lipinski definition) is 4. The van der Waals surface area contributed by atoms with Gasteiger partial charge in [-0.1, -0.05) is 6.07 Å². The topological polar surface area (TPSA) is 73.6 Å². The largest absolute Gasteiger partial charge is 0.396 e. The summed E-state index contributed by atoms with van der Waals surface area (Å²) >= 11 is 0. The SMILES string of the molecule is COCCOCCCCNC(=O)c1cccc(F)c1N. The van der Waals surface area contributed by atoms with Gasteiger partial charge in [-0.25, -0.2) is 4.39 Å². The van der Waals surface area contributed by atoms with Crippen molar-refractivity contribution in [3.05, 3.63) is 29.6 Å². The van der Waals surface area contributed by atoms with E-state index in [1.165, 1.54) is 18.2 Å². The summed E-state index contributed by atoms with van der Waals surface area (Å²) in [6.45, 7) is 2.28. The van der Waals surface area contributed by atoms with Crippen molar-refractivity contribution in [1.82, 2.24) is 5.32 Å². The molecule has 3 N–H and O–H groups in total. The van der Waals surface area contributed by atoms with Crippen LogP contribution in [0.25, 0.3) is 0 Å². The zero-order valence-corrected chi connectivity index (χ0v) is 11.7. The van der Waals surface area contributed by atoms with Crippen LogP contribution in [0, 0.1) is 5.82 Å². The molecule has 0 heterocycles. The highest BCUT2D eigenvalue weighted by Gasteiger charge is 2.11. The Morgan fingerprint density at radius 1 is 1.30 bits per heavy atom. The van der Waals surface area contributed by atoms with Crippen LogP contribution >= 0.6 is 0 Å². The van der Waals surface area contributed by atoms with Gasteiger partial charge in [0.25, 0.3) is 5.91 Å². The fraction of sp³-hybridized carbons (Fsp3) is 0.500. The van der Waals surface area contributed by atoms with Crippen molar-refractivity contribution in [3.8, 4) is 0 Å². The van der Waals surface area contributed by atoms with E-state index in [9.17, 15) is 9.18 Å². The van der Waals surface area contributed by atoms with Crippen molar-refractivity contribution in [2.24, 2.45) is 0 Å². The van der Waals surface area contributed by atoms with Gasteiger partial charge in [-0.2, -0.15) is 0 Å². The lowest BCUT2D eigenvalue weighted by atomic mass is 10.1. The summed E-state index contributed by atoms with van der Waals surface area (Å²) in [5.74, 6) is -0.938. The molecular weight excluding hydrogens is 263 g/mol. The lowest BCUT2D eigenvalue weighted by Crippen LogP contribution is -2.25. The van der Waals surface area contributed by atoms with Crippen LogP contribution in [0.1, 0.15) is 23.2 Å². The molecule has 0 aliphatic carbocycles. The van der Waals surface area contributed by atoms with Gasteiger partial charge in [0, 0.05) is 20.3 Å². The molecule has 0 fully saturated rings. The Labute approximate surface area is 118 Å². The van der Waals surface area contributed by atoms with Gasteiger partial charge in [0.15, 0.2) is 0 Å². The Kier molecular flexibility index (Phi) is 7.60. The van der Waals surface area contributed by atoms with Gasteiger partial charge >= 0.3 is 0 Å². The number of carbonyl (C=O) groups excluding carboxylic acids is 1. The van der Waals surface area contributed by atoms with E-state index < -0.39 is 5.82 Å². The molecule has 0 aromatic heterocycles. The number of amides is 1. The summed E-state index contributed by atoms with van der Waals surface area (Å²) in [4.78, 5) is 11.8. The van der Waals surface area contributed by atoms with Gasteiger partial charge < -0.3 is 20.5 Å². The fourth-order valence-corrected chi connectivity index (χ4v) is 1.61. The molecule has 0 spiro atoms. The van der Waals surface area contributed by atoms with E-state index in [-0.39, 0.29) is 17.2 Å². The Bertz CT molecular complexity index is 427. The average molecular weight is 284 g/mol. The van der Waals surface area contributed by atoms with Gasteiger partial charge in [-0.15, -0.1) is 0 Å². The van der Waals surface area contributed by atoms with Crippen molar-refractivity contribution in [1.29, 1.82) is 0 Å². The molecule has 0 aliphatic heterocycles. The maximum atomic E-state index is 13.2. The number of methoxy groups -OCH3 is 1. The number of hydrogen-bond donors (Lipinski definition) is 2. The predicted octanol–water partition coefficient (Wildman–Crippen LogP) is 1.58. The molecule has 0 unspecified atom stereocenters. The van der Waals surface area contributed by atoms with E-state index in [0.717, 1.165) is 12.8 Å². The highest BCUT2D eigenvalue weighted by Crippen LogP contribution is 2.15. The van der Waals surface area contributed by atoms with E-state index in [2.05, 4.69) is 5.32 Å². The molecule has 1 aromatic carbocycles. The van der Waals surface area contributed by atoms with E-state index in [0.29, 0.717) is 26.4 Å².